The second kappa shape index (κ2) is 7.47. The van der Waals surface area contributed by atoms with Crippen LogP contribution in [0.4, 0.5) is 0 Å². The van der Waals surface area contributed by atoms with E-state index in [4.69, 9.17) is 5.11 Å². The fourth-order valence-electron chi connectivity index (χ4n) is 2.55. The summed E-state index contributed by atoms with van der Waals surface area (Å²) in [6.07, 6.45) is 1.42. The smallest absolute Gasteiger partial charge is 0.326 e. The Hall–Kier alpha value is -1.78. The first kappa shape index (κ1) is 16.6. The number of carbonyl (C=O) groups excluding carboxylic acids is 1. The standard InChI is InChI=1S/C15H19N2O4P/c1-11(14(18)17-9-5-8-13(17)15(19)20)16-22(21)10-12-6-3-2-4-7-12/h2-4,6-7,11,13H,5,8-10H2,1H3,(H,19,20)/t11-,13-/m0/s1. The molecule has 2 rings (SSSR count). The maximum atomic E-state index is 12.3. The van der Waals surface area contributed by atoms with Crippen LogP contribution in [0.3, 0.4) is 0 Å². The highest BCUT2D eigenvalue weighted by molar-refractivity contribution is 7.38. The maximum Gasteiger partial charge on any atom is 0.326 e. The fraction of sp³-hybridized carbons (Fsp3) is 0.467. The summed E-state index contributed by atoms with van der Waals surface area (Å²) in [7, 11) is -1.89. The largest absolute Gasteiger partial charge is 0.612 e. The average Bonchev–Trinajstić information content (AvgIpc) is 2.96. The van der Waals surface area contributed by atoms with Crippen LogP contribution in [0.2, 0.25) is 0 Å². The predicted molar refractivity (Wildman–Crippen MR) is 81.3 cm³/mol. The van der Waals surface area contributed by atoms with Gasteiger partial charge in [-0.05, 0) is 25.3 Å². The molecule has 1 unspecified atom stereocenters. The third-order valence-corrected chi connectivity index (χ3v) is 4.88. The molecule has 1 N–H and O–H groups in total. The van der Waals surface area contributed by atoms with E-state index in [-0.39, 0.29) is 12.1 Å². The lowest BCUT2D eigenvalue weighted by Crippen LogP contribution is -2.44. The number of carboxylic acid groups (broad SMARTS) is 1. The number of hydrogen-bond donors (Lipinski definition) is 1. The Morgan fingerprint density at radius 2 is 2.14 bits per heavy atom. The van der Waals surface area contributed by atoms with Gasteiger partial charge in [0, 0.05) is 6.54 Å². The molecular formula is C15H19N2O4P. The first-order valence-corrected chi connectivity index (χ1v) is 8.61. The lowest BCUT2D eigenvalue weighted by atomic mass is 10.2. The van der Waals surface area contributed by atoms with Gasteiger partial charge < -0.3 is 14.9 Å². The van der Waals surface area contributed by atoms with Gasteiger partial charge in [0.05, 0.1) is 0 Å². The number of aliphatic carboxylic acids is 1. The van der Waals surface area contributed by atoms with Crippen LogP contribution in [-0.4, -0.2) is 40.5 Å². The molecule has 0 aliphatic carbocycles. The lowest BCUT2D eigenvalue weighted by Gasteiger charge is -2.22. The number of carbonyl (C=O) groups is 2. The van der Waals surface area contributed by atoms with Gasteiger partial charge in [-0.15, -0.1) is 4.74 Å². The molecule has 1 aliphatic rings. The van der Waals surface area contributed by atoms with E-state index in [1.54, 1.807) is 6.92 Å². The zero-order chi connectivity index (χ0) is 16.1. The van der Waals surface area contributed by atoms with E-state index < -0.39 is 26.0 Å². The number of nitrogens with zero attached hydrogens (tertiary/aromatic N) is 2. The van der Waals surface area contributed by atoms with Crippen molar-refractivity contribution in [1.29, 1.82) is 0 Å². The van der Waals surface area contributed by atoms with Crippen molar-refractivity contribution in [2.75, 3.05) is 6.54 Å². The summed E-state index contributed by atoms with van der Waals surface area (Å²) in [5.74, 6) is -1.35. The van der Waals surface area contributed by atoms with E-state index in [9.17, 15) is 14.5 Å². The molecule has 3 atom stereocenters. The van der Waals surface area contributed by atoms with Gasteiger partial charge in [0.15, 0.2) is 14.0 Å². The molecule has 1 aromatic rings. The van der Waals surface area contributed by atoms with Crippen LogP contribution in [0.25, 0.3) is 0 Å². The fourth-order valence-corrected chi connectivity index (χ4v) is 3.64. The van der Waals surface area contributed by atoms with Gasteiger partial charge in [-0.25, -0.2) is 4.79 Å². The summed E-state index contributed by atoms with van der Waals surface area (Å²) in [4.78, 5) is 36.8. The summed E-state index contributed by atoms with van der Waals surface area (Å²) in [6, 6.07) is 7.74. The quantitative estimate of drug-likeness (QED) is 0.833. The number of rotatable bonds is 5. The second-order valence-corrected chi connectivity index (χ2v) is 6.57. The number of hydrogen-bond acceptors (Lipinski definition) is 4. The van der Waals surface area contributed by atoms with Crippen molar-refractivity contribution < 1.29 is 19.6 Å². The van der Waals surface area contributed by atoms with Crippen molar-refractivity contribution in [2.45, 2.75) is 38.0 Å². The number of benzene rings is 1. The third-order valence-electron chi connectivity index (χ3n) is 3.64. The van der Waals surface area contributed by atoms with Crippen molar-refractivity contribution in [2.24, 2.45) is 4.74 Å². The van der Waals surface area contributed by atoms with Crippen LogP contribution >= 0.6 is 7.94 Å². The molecule has 0 aromatic heterocycles. The molecule has 1 fully saturated rings. The number of amides is 1. The van der Waals surface area contributed by atoms with Crippen LogP contribution in [-0.2, 0) is 15.8 Å². The molecule has 1 saturated heterocycles. The van der Waals surface area contributed by atoms with E-state index >= 15 is 0 Å². The predicted octanol–water partition coefficient (Wildman–Crippen LogP) is 1.59. The van der Waals surface area contributed by atoms with E-state index in [0.717, 1.165) is 5.56 Å². The molecule has 1 aromatic carbocycles. The van der Waals surface area contributed by atoms with Crippen molar-refractivity contribution in [3.05, 3.63) is 35.9 Å². The molecule has 7 heteroatoms. The number of carboxylic acids is 1. The van der Waals surface area contributed by atoms with E-state index in [1.807, 2.05) is 30.3 Å². The van der Waals surface area contributed by atoms with E-state index in [1.165, 1.54) is 4.90 Å². The van der Waals surface area contributed by atoms with Crippen LogP contribution in [0, 0.1) is 0 Å². The summed E-state index contributed by atoms with van der Waals surface area (Å²) in [5.41, 5.74) is 0.900. The minimum atomic E-state index is -1.89. The Morgan fingerprint density at radius 3 is 2.77 bits per heavy atom. The van der Waals surface area contributed by atoms with Gasteiger partial charge in [-0.1, -0.05) is 30.3 Å². The van der Waals surface area contributed by atoms with Crippen molar-refractivity contribution >= 4 is 19.8 Å². The van der Waals surface area contributed by atoms with Gasteiger partial charge in [0.2, 0.25) is 0 Å². The first-order valence-electron chi connectivity index (χ1n) is 7.21. The Morgan fingerprint density at radius 1 is 1.45 bits per heavy atom. The van der Waals surface area contributed by atoms with E-state index in [0.29, 0.717) is 19.4 Å². The van der Waals surface area contributed by atoms with Crippen LogP contribution in [0.15, 0.2) is 35.1 Å². The monoisotopic (exact) mass is 322 g/mol. The summed E-state index contributed by atoms with van der Waals surface area (Å²) >= 11 is 0. The Labute approximate surface area is 130 Å². The minimum Gasteiger partial charge on any atom is -0.612 e. The van der Waals surface area contributed by atoms with Gasteiger partial charge >= 0.3 is 5.97 Å². The highest BCUT2D eigenvalue weighted by Gasteiger charge is 2.36. The Balaban J connectivity index is 2.01. The lowest BCUT2D eigenvalue weighted by molar-refractivity contribution is -0.157. The third kappa shape index (κ3) is 4.12. The highest BCUT2D eigenvalue weighted by Crippen LogP contribution is 2.25. The first-order chi connectivity index (χ1) is 10.5. The molecule has 6 nitrogen and oxygen atoms in total. The molecule has 0 radical (unpaired) electrons. The molecular weight excluding hydrogens is 303 g/mol. The summed E-state index contributed by atoms with van der Waals surface area (Å²) < 4.78 is 4.04. The van der Waals surface area contributed by atoms with E-state index in [2.05, 4.69) is 4.74 Å². The van der Waals surface area contributed by atoms with Gasteiger partial charge in [0.25, 0.3) is 5.91 Å². The van der Waals surface area contributed by atoms with Crippen LogP contribution in [0.5, 0.6) is 0 Å². The zero-order valence-electron chi connectivity index (χ0n) is 12.4. The molecule has 22 heavy (non-hydrogen) atoms. The minimum absolute atomic E-state index is 0.288. The van der Waals surface area contributed by atoms with Crippen molar-refractivity contribution in [1.82, 2.24) is 4.90 Å². The zero-order valence-corrected chi connectivity index (χ0v) is 13.3. The maximum absolute atomic E-state index is 12.3. The molecule has 1 aliphatic heterocycles. The highest BCUT2D eigenvalue weighted by atomic mass is 31.1. The Kier molecular flexibility index (Phi) is 5.63. The molecule has 1 heterocycles. The SMILES string of the molecule is C[C@H](/N=[P+](\[O-])Cc1ccccc1)C(=O)N1CCC[C@H]1C(=O)O. The molecule has 0 saturated carbocycles. The van der Waals surface area contributed by atoms with Crippen LogP contribution in [0.1, 0.15) is 25.3 Å². The Bertz CT molecular complexity index is 576. The van der Waals surface area contributed by atoms with Crippen LogP contribution < -0.4 is 4.89 Å². The molecule has 0 bridgehead atoms. The molecule has 1 amide bonds. The second-order valence-electron chi connectivity index (χ2n) is 5.32. The number of likely N-dealkylation sites (tertiary alicyclic amines) is 1. The normalized spacial score (nSPS) is 20.0. The molecule has 118 valence electrons. The summed E-state index contributed by atoms with van der Waals surface area (Å²) in [5, 5.41) is 9.11. The van der Waals surface area contributed by atoms with Gasteiger partial charge in [-0.2, -0.15) is 0 Å². The van der Waals surface area contributed by atoms with Crippen molar-refractivity contribution in [3.8, 4) is 0 Å². The van der Waals surface area contributed by atoms with Gasteiger partial charge in [0.1, 0.15) is 12.2 Å². The van der Waals surface area contributed by atoms with Gasteiger partial charge in [-0.3, -0.25) is 4.79 Å². The van der Waals surface area contributed by atoms with Crippen molar-refractivity contribution in [3.63, 3.8) is 0 Å². The summed E-state index contributed by atoms with van der Waals surface area (Å²) in [6.45, 7) is 1.99. The molecule has 0 spiro atoms. The average molecular weight is 322 g/mol. The topological polar surface area (TPSA) is 93.0 Å².